The van der Waals surface area contributed by atoms with Gasteiger partial charge in [-0.2, -0.15) is 0 Å². The van der Waals surface area contributed by atoms with Crippen LogP contribution < -0.4 is 4.74 Å². The zero-order chi connectivity index (χ0) is 9.84. The smallest absolute Gasteiger partial charge is 0.119 e. The Morgan fingerprint density at radius 3 is 2.62 bits per heavy atom. The van der Waals surface area contributed by atoms with E-state index in [0.717, 1.165) is 5.75 Å². The molecule has 0 aromatic heterocycles. The van der Waals surface area contributed by atoms with Crippen LogP contribution in [-0.4, -0.2) is 6.61 Å². The summed E-state index contributed by atoms with van der Waals surface area (Å²) in [6.07, 6.45) is 0. The lowest BCUT2D eigenvalue weighted by Gasteiger charge is -2.10. The van der Waals surface area contributed by atoms with Crippen LogP contribution in [0.25, 0.3) is 0 Å². The quantitative estimate of drug-likeness (QED) is 0.688. The standard InChI is InChI=1S/C12H17O/c1-5-13-12-7-10(4)6-11(8-12)9(2)3/h6-9H,2,5H2,1,3-4H3. The molecule has 1 atom stereocenters. The van der Waals surface area contributed by atoms with Crippen molar-refractivity contribution in [3.8, 4) is 5.75 Å². The van der Waals surface area contributed by atoms with Gasteiger partial charge in [-0.1, -0.05) is 13.0 Å². The Morgan fingerprint density at radius 2 is 2.08 bits per heavy atom. The fraction of sp³-hybridized carbons (Fsp3) is 0.417. The zero-order valence-electron chi connectivity index (χ0n) is 8.63. The van der Waals surface area contributed by atoms with Gasteiger partial charge in [0.2, 0.25) is 0 Å². The Morgan fingerprint density at radius 1 is 1.38 bits per heavy atom. The number of hydrogen-bond acceptors (Lipinski definition) is 1. The molecule has 1 rings (SSSR count). The first-order valence-corrected chi connectivity index (χ1v) is 4.71. The molecular weight excluding hydrogens is 160 g/mol. The number of ether oxygens (including phenoxy) is 1. The molecule has 0 fully saturated rings. The van der Waals surface area contributed by atoms with E-state index >= 15 is 0 Å². The molecule has 0 aliphatic carbocycles. The number of aryl methyl sites for hydroxylation is 1. The predicted molar refractivity (Wildman–Crippen MR) is 56.1 cm³/mol. The average molecular weight is 177 g/mol. The molecule has 0 aliphatic heterocycles. The molecular formula is C12H17O. The van der Waals surface area contributed by atoms with E-state index in [0.29, 0.717) is 12.5 Å². The monoisotopic (exact) mass is 177 g/mol. The third-order valence-electron chi connectivity index (χ3n) is 1.95. The van der Waals surface area contributed by atoms with E-state index in [1.165, 1.54) is 11.1 Å². The van der Waals surface area contributed by atoms with Crippen LogP contribution in [0.2, 0.25) is 0 Å². The van der Waals surface area contributed by atoms with Crippen LogP contribution in [0, 0.1) is 13.8 Å². The van der Waals surface area contributed by atoms with Crippen molar-refractivity contribution >= 4 is 0 Å². The average Bonchev–Trinajstić information content (AvgIpc) is 2.03. The summed E-state index contributed by atoms with van der Waals surface area (Å²) >= 11 is 0. The highest BCUT2D eigenvalue weighted by molar-refractivity contribution is 5.35. The van der Waals surface area contributed by atoms with Gasteiger partial charge in [-0.3, -0.25) is 0 Å². The Hall–Kier alpha value is -0.980. The molecule has 0 saturated carbocycles. The van der Waals surface area contributed by atoms with Crippen molar-refractivity contribution in [1.82, 2.24) is 0 Å². The molecule has 1 unspecified atom stereocenters. The first-order chi connectivity index (χ1) is 6.13. The highest BCUT2D eigenvalue weighted by Crippen LogP contribution is 2.22. The second kappa shape index (κ2) is 4.31. The third-order valence-corrected chi connectivity index (χ3v) is 1.95. The predicted octanol–water partition coefficient (Wildman–Crippen LogP) is 3.33. The van der Waals surface area contributed by atoms with Crippen molar-refractivity contribution in [2.75, 3.05) is 6.61 Å². The van der Waals surface area contributed by atoms with Crippen LogP contribution in [-0.2, 0) is 0 Å². The minimum Gasteiger partial charge on any atom is -0.494 e. The topological polar surface area (TPSA) is 9.23 Å². The third kappa shape index (κ3) is 2.76. The highest BCUT2D eigenvalue weighted by atomic mass is 16.5. The molecule has 0 bridgehead atoms. The summed E-state index contributed by atoms with van der Waals surface area (Å²) in [5.41, 5.74) is 2.47. The van der Waals surface area contributed by atoms with Crippen molar-refractivity contribution in [3.63, 3.8) is 0 Å². The largest absolute Gasteiger partial charge is 0.494 e. The second-order valence-corrected chi connectivity index (χ2v) is 3.41. The summed E-state index contributed by atoms with van der Waals surface area (Å²) in [4.78, 5) is 0. The Bertz CT molecular complexity index is 276. The molecule has 0 saturated heterocycles. The molecule has 13 heavy (non-hydrogen) atoms. The van der Waals surface area contributed by atoms with Crippen LogP contribution in [0.1, 0.15) is 30.9 Å². The highest BCUT2D eigenvalue weighted by Gasteiger charge is 2.02. The van der Waals surface area contributed by atoms with E-state index in [2.05, 4.69) is 39.0 Å². The normalized spacial score (nSPS) is 10.5. The molecule has 1 aromatic carbocycles. The summed E-state index contributed by atoms with van der Waals surface area (Å²) < 4.78 is 5.45. The van der Waals surface area contributed by atoms with Gasteiger partial charge in [0.1, 0.15) is 5.75 Å². The molecule has 0 heterocycles. The van der Waals surface area contributed by atoms with Gasteiger partial charge in [0.25, 0.3) is 0 Å². The van der Waals surface area contributed by atoms with E-state index in [4.69, 9.17) is 4.74 Å². The van der Waals surface area contributed by atoms with E-state index < -0.39 is 0 Å². The number of benzene rings is 1. The first kappa shape index (κ1) is 10.1. The lowest BCUT2D eigenvalue weighted by atomic mass is 10.0. The maximum absolute atomic E-state index is 5.45. The molecule has 1 radical (unpaired) electrons. The van der Waals surface area contributed by atoms with Gasteiger partial charge in [0, 0.05) is 0 Å². The van der Waals surface area contributed by atoms with E-state index in [9.17, 15) is 0 Å². The molecule has 0 N–H and O–H groups in total. The fourth-order valence-corrected chi connectivity index (χ4v) is 1.31. The lowest BCUT2D eigenvalue weighted by molar-refractivity contribution is 0.339. The Labute approximate surface area is 80.7 Å². The molecule has 1 heteroatoms. The maximum atomic E-state index is 5.45. The minimum absolute atomic E-state index is 0.319. The Kier molecular flexibility index (Phi) is 3.35. The zero-order valence-corrected chi connectivity index (χ0v) is 8.63. The molecule has 0 amide bonds. The van der Waals surface area contributed by atoms with Crippen molar-refractivity contribution in [1.29, 1.82) is 0 Å². The van der Waals surface area contributed by atoms with Gasteiger partial charge in [-0.15, -0.1) is 0 Å². The summed E-state index contributed by atoms with van der Waals surface area (Å²) in [5, 5.41) is 0. The van der Waals surface area contributed by atoms with Gasteiger partial charge in [-0.05, 0) is 49.9 Å². The molecule has 71 valence electrons. The van der Waals surface area contributed by atoms with Crippen LogP contribution >= 0.6 is 0 Å². The van der Waals surface area contributed by atoms with Gasteiger partial charge in [0.15, 0.2) is 0 Å². The SMILES string of the molecule is [CH2]C(C)c1cc(C)cc(OCC)c1. The van der Waals surface area contributed by atoms with Gasteiger partial charge in [-0.25, -0.2) is 0 Å². The summed E-state index contributed by atoms with van der Waals surface area (Å²) in [5.74, 6) is 1.27. The van der Waals surface area contributed by atoms with E-state index in [1.807, 2.05) is 6.92 Å². The van der Waals surface area contributed by atoms with Crippen LogP contribution in [0.5, 0.6) is 5.75 Å². The minimum atomic E-state index is 0.319. The van der Waals surface area contributed by atoms with Crippen molar-refractivity contribution < 1.29 is 4.74 Å². The summed E-state index contributed by atoms with van der Waals surface area (Å²) in [7, 11) is 0. The van der Waals surface area contributed by atoms with E-state index in [1.54, 1.807) is 0 Å². The fourth-order valence-electron chi connectivity index (χ4n) is 1.31. The Balaban J connectivity index is 2.96. The second-order valence-electron chi connectivity index (χ2n) is 3.41. The van der Waals surface area contributed by atoms with Crippen molar-refractivity contribution in [2.45, 2.75) is 26.7 Å². The molecule has 1 aromatic rings. The molecule has 0 spiro atoms. The summed E-state index contributed by atoms with van der Waals surface area (Å²) in [6, 6.07) is 6.27. The van der Waals surface area contributed by atoms with Gasteiger partial charge >= 0.3 is 0 Å². The molecule has 0 aliphatic rings. The number of hydrogen-bond donors (Lipinski definition) is 0. The number of rotatable bonds is 3. The van der Waals surface area contributed by atoms with E-state index in [-0.39, 0.29) is 0 Å². The maximum Gasteiger partial charge on any atom is 0.119 e. The lowest BCUT2D eigenvalue weighted by Crippen LogP contribution is -1.95. The first-order valence-electron chi connectivity index (χ1n) is 4.71. The summed E-state index contributed by atoms with van der Waals surface area (Å²) in [6.45, 7) is 10.9. The van der Waals surface area contributed by atoms with Crippen LogP contribution in [0.3, 0.4) is 0 Å². The van der Waals surface area contributed by atoms with Gasteiger partial charge in [0.05, 0.1) is 6.61 Å². The van der Waals surface area contributed by atoms with Crippen molar-refractivity contribution in [2.24, 2.45) is 0 Å². The van der Waals surface area contributed by atoms with Crippen LogP contribution in [0.4, 0.5) is 0 Å². The van der Waals surface area contributed by atoms with Crippen LogP contribution in [0.15, 0.2) is 18.2 Å². The van der Waals surface area contributed by atoms with Gasteiger partial charge < -0.3 is 4.74 Å². The van der Waals surface area contributed by atoms with Crippen molar-refractivity contribution in [3.05, 3.63) is 36.2 Å². The molecule has 1 nitrogen and oxygen atoms in total.